The molecule has 0 aliphatic heterocycles. The third kappa shape index (κ3) is 3.93. The maximum atomic E-state index is 12.3. The van der Waals surface area contributed by atoms with Crippen LogP contribution >= 0.6 is 0 Å². The Bertz CT molecular complexity index is 348. The first-order valence-corrected chi connectivity index (χ1v) is 5.43. The minimum absolute atomic E-state index is 0.0934. The predicted molar refractivity (Wildman–Crippen MR) is 59.8 cm³/mol. The number of benzene rings is 1. The Labute approximate surface area is 98.6 Å². The molecule has 1 aromatic rings. The van der Waals surface area contributed by atoms with Gasteiger partial charge in [-0.05, 0) is 31.0 Å². The second-order valence-electron chi connectivity index (χ2n) is 3.89. The fourth-order valence-electron chi connectivity index (χ4n) is 1.30. The van der Waals surface area contributed by atoms with E-state index in [1.54, 1.807) is 12.1 Å². The molecule has 0 saturated heterocycles. The van der Waals surface area contributed by atoms with Crippen LogP contribution in [0, 0.1) is 0 Å². The maximum Gasteiger partial charge on any atom is 0.425 e. The van der Waals surface area contributed by atoms with Gasteiger partial charge in [0.15, 0.2) is 6.10 Å². The minimum atomic E-state index is -4.35. The summed E-state index contributed by atoms with van der Waals surface area (Å²) in [6, 6.07) is 6.29. The molecule has 96 valence electrons. The third-order valence-electron chi connectivity index (χ3n) is 2.52. The number of rotatable bonds is 4. The lowest BCUT2D eigenvalue weighted by Gasteiger charge is -2.18. The monoisotopic (exact) mass is 247 g/mol. The van der Waals surface area contributed by atoms with Gasteiger partial charge in [-0.2, -0.15) is 13.2 Å². The molecular formula is C12H16F3NO. The summed E-state index contributed by atoms with van der Waals surface area (Å²) >= 11 is 0. The number of hydrogen-bond acceptors (Lipinski definition) is 2. The molecule has 0 radical (unpaired) electrons. The molecule has 0 fully saturated rings. The molecule has 1 unspecified atom stereocenters. The van der Waals surface area contributed by atoms with Crippen molar-refractivity contribution in [3.63, 3.8) is 0 Å². The van der Waals surface area contributed by atoms with Crippen LogP contribution in [0.25, 0.3) is 0 Å². The first-order chi connectivity index (χ1) is 7.84. The summed E-state index contributed by atoms with van der Waals surface area (Å²) in [5, 5.41) is 0. The number of ether oxygens (including phenoxy) is 1. The lowest BCUT2D eigenvalue weighted by molar-refractivity contribution is -0.189. The summed E-state index contributed by atoms with van der Waals surface area (Å²) in [7, 11) is 0. The smallest absolute Gasteiger partial charge is 0.425 e. The first kappa shape index (κ1) is 13.8. The van der Waals surface area contributed by atoms with Gasteiger partial charge in [-0.25, -0.2) is 0 Å². The molecular weight excluding hydrogens is 231 g/mol. The lowest BCUT2D eigenvalue weighted by Crippen LogP contribution is -2.31. The van der Waals surface area contributed by atoms with Crippen molar-refractivity contribution in [1.82, 2.24) is 0 Å². The summed E-state index contributed by atoms with van der Waals surface area (Å²) in [4.78, 5) is 0. The van der Waals surface area contributed by atoms with E-state index in [4.69, 9.17) is 10.5 Å². The molecule has 0 aliphatic carbocycles. The van der Waals surface area contributed by atoms with Crippen LogP contribution < -0.4 is 10.5 Å². The fourth-order valence-corrected chi connectivity index (χ4v) is 1.30. The van der Waals surface area contributed by atoms with Crippen molar-refractivity contribution in [2.45, 2.75) is 38.6 Å². The molecule has 0 amide bonds. The van der Waals surface area contributed by atoms with Crippen LogP contribution in [-0.4, -0.2) is 12.3 Å². The molecule has 0 spiro atoms. The van der Waals surface area contributed by atoms with Gasteiger partial charge in [-0.1, -0.05) is 19.1 Å². The van der Waals surface area contributed by atoms with Crippen LogP contribution in [0.4, 0.5) is 13.2 Å². The van der Waals surface area contributed by atoms with Gasteiger partial charge in [0.05, 0.1) is 0 Å². The highest BCUT2D eigenvalue weighted by Gasteiger charge is 2.37. The van der Waals surface area contributed by atoms with Crippen LogP contribution in [0.3, 0.4) is 0 Å². The highest BCUT2D eigenvalue weighted by atomic mass is 19.4. The van der Waals surface area contributed by atoms with Crippen molar-refractivity contribution in [1.29, 1.82) is 0 Å². The van der Waals surface area contributed by atoms with Gasteiger partial charge >= 0.3 is 6.18 Å². The van der Waals surface area contributed by atoms with E-state index in [1.165, 1.54) is 12.1 Å². The van der Waals surface area contributed by atoms with E-state index in [1.807, 2.05) is 6.92 Å². The molecule has 17 heavy (non-hydrogen) atoms. The van der Waals surface area contributed by atoms with Crippen molar-refractivity contribution < 1.29 is 17.9 Å². The maximum absolute atomic E-state index is 12.3. The summed E-state index contributed by atoms with van der Waals surface area (Å²) in [5.41, 5.74) is 6.68. The van der Waals surface area contributed by atoms with Gasteiger partial charge in [-0.3, -0.25) is 0 Å². The molecule has 1 rings (SSSR count). The standard InChI is InChI=1S/C12H16F3NO/c1-3-11(16)9-4-6-10(7-5-9)17-8(2)12(13,14)15/h4-8,11H,3,16H2,1-2H3/t8?,11-/m1/s1. The van der Waals surface area contributed by atoms with Gasteiger partial charge in [0.25, 0.3) is 0 Å². The van der Waals surface area contributed by atoms with Crippen LogP contribution in [-0.2, 0) is 0 Å². The summed E-state index contributed by atoms with van der Waals surface area (Å²) in [6.07, 6.45) is -5.38. The fraction of sp³-hybridized carbons (Fsp3) is 0.500. The molecule has 0 heterocycles. The van der Waals surface area contributed by atoms with Crippen LogP contribution in [0.2, 0.25) is 0 Å². The first-order valence-electron chi connectivity index (χ1n) is 5.43. The predicted octanol–water partition coefficient (Wildman–Crippen LogP) is 3.43. The van der Waals surface area contributed by atoms with E-state index in [9.17, 15) is 13.2 Å². The van der Waals surface area contributed by atoms with Crippen molar-refractivity contribution in [3.05, 3.63) is 29.8 Å². The van der Waals surface area contributed by atoms with Crippen molar-refractivity contribution in [3.8, 4) is 5.75 Å². The quantitative estimate of drug-likeness (QED) is 0.884. The van der Waals surface area contributed by atoms with E-state index < -0.39 is 12.3 Å². The highest BCUT2D eigenvalue weighted by Crippen LogP contribution is 2.25. The summed E-state index contributed by atoms with van der Waals surface area (Å²) < 4.78 is 41.5. The normalized spacial score (nSPS) is 15.4. The van der Waals surface area contributed by atoms with Crippen molar-refractivity contribution >= 4 is 0 Å². The van der Waals surface area contributed by atoms with E-state index in [0.717, 1.165) is 18.9 Å². The molecule has 1 aromatic carbocycles. The zero-order valence-electron chi connectivity index (χ0n) is 9.79. The zero-order valence-corrected chi connectivity index (χ0v) is 9.79. The van der Waals surface area contributed by atoms with E-state index in [0.29, 0.717) is 0 Å². The lowest BCUT2D eigenvalue weighted by atomic mass is 10.1. The average Bonchev–Trinajstić information content (AvgIpc) is 2.27. The Morgan fingerprint density at radius 3 is 2.18 bits per heavy atom. The van der Waals surface area contributed by atoms with Gasteiger partial charge < -0.3 is 10.5 Å². The largest absolute Gasteiger partial charge is 0.481 e. The van der Waals surface area contributed by atoms with E-state index >= 15 is 0 Å². The minimum Gasteiger partial charge on any atom is -0.481 e. The Morgan fingerprint density at radius 1 is 1.24 bits per heavy atom. The van der Waals surface area contributed by atoms with Crippen molar-refractivity contribution in [2.75, 3.05) is 0 Å². The second kappa shape index (κ2) is 5.40. The van der Waals surface area contributed by atoms with Gasteiger partial charge in [-0.15, -0.1) is 0 Å². The Balaban J connectivity index is 2.69. The second-order valence-corrected chi connectivity index (χ2v) is 3.89. The van der Waals surface area contributed by atoms with Crippen molar-refractivity contribution in [2.24, 2.45) is 5.73 Å². The molecule has 2 nitrogen and oxygen atoms in total. The molecule has 0 aliphatic rings. The van der Waals surface area contributed by atoms with Crippen LogP contribution in [0.1, 0.15) is 31.9 Å². The van der Waals surface area contributed by atoms with Gasteiger partial charge in [0.1, 0.15) is 5.75 Å². The SMILES string of the molecule is CC[C@@H](N)c1ccc(OC(C)C(F)(F)F)cc1. The third-order valence-corrected chi connectivity index (χ3v) is 2.52. The van der Waals surface area contributed by atoms with Crippen LogP contribution in [0.15, 0.2) is 24.3 Å². The topological polar surface area (TPSA) is 35.2 Å². The number of alkyl halides is 3. The zero-order chi connectivity index (χ0) is 13.1. The Kier molecular flexibility index (Phi) is 4.40. The molecule has 0 bridgehead atoms. The molecule has 5 heteroatoms. The Morgan fingerprint density at radius 2 is 1.76 bits per heavy atom. The number of halogens is 3. The molecule has 0 saturated carbocycles. The van der Waals surface area contributed by atoms with Crippen LogP contribution in [0.5, 0.6) is 5.75 Å². The van der Waals surface area contributed by atoms with Gasteiger partial charge in [0, 0.05) is 6.04 Å². The summed E-state index contributed by atoms with van der Waals surface area (Å²) in [6.45, 7) is 2.92. The number of hydrogen-bond donors (Lipinski definition) is 1. The molecule has 0 aromatic heterocycles. The molecule has 2 atom stereocenters. The summed E-state index contributed by atoms with van der Waals surface area (Å²) in [5.74, 6) is 0.196. The average molecular weight is 247 g/mol. The highest BCUT2D eigenvalue weighted by molar-refractivity contribution is 5.29. The van der Waals surface area contributed by atoms with Gasteiger partial charge in [0.2, 0.25) is 0 Å². The molecule has 2 N–H and O–H groups in total. The number of nitrogens with two attached hydrogens (primary N) is 1. The van der Waals surface area contributed by atoms with E-state index in [2.05, 4.69) is 0 Å². The Hall–Kier alpha value is -1.23. The van der Waals surface area contributed by atoms with E-state index in [-0.39, 0.29) is 11.8 Å².